The molecule has 1 saturated heterocycles. The molecule has 2 aromatic rings. The summed E-state index contributed by atoms with van der Waals surface area (Å²) in [5.41, 5.74) is -0.662. The summed E-state index contributed by atoms with van der Waals surface area (Å²) in [6.07, 6.45) is -5.42. The molecular formula is C31H41F3N2O5. The minimum atomic E-state index is -4.57. The highest BCUT2D eigenvalue weighted by Gasteiger charge is 2.59. The first-order valence-corrected chi connectivity index (χ1v) is 13.7. The van der Waals surface area contributed by atoms with Crippen LogP contribution in [0.4, 0.5) is 18.0 Å². The predicted molar refractivity (Wildman–Crippen MR) is 149 cm³/mol. The Balaban J connectivity index is 2.20. The predicted octanol–water partition coefficient (Wildman–Crippen LogP) is 7.01. The summed E-state index contributed by atoms with van der Waals surface area (Å²) >= 11 is 0. The highest BCUT2D eigenvalue weighted by molar-refractivity contribution is 5.85. The molecule has 0 spiro atoms. The van der Waals surface area contributed by atoms with E-state index in [0.717, 1.165) is 12.1 Å². The van der Waals surface area contributed by atoms with Crippen molar-refractivity contribution >= 4 is 12.0 Å². The average molecular weight is 579 g/mol. The molecule has 0 aromatic heterocycles. The maximum atomic E-state index is 14.3. The zero-order chi connectivity index (χ0) is 30.9. The van der Waals surface area contributed by atoms with Crippen LogP contribution >= 0.6 is 0 Å². The summed E-state index contributed by atoms with van der Waals surface area (Å²) in [6.45, 7) is 12.9. The third kappa shape index (κ3) is 6.80. The fourth-order valence-corrected chi connectivity index (χ4v) is 5.98. The zero-order valence-electron chi connectivity index (χ0n) is 24.9. The van der Waals surface area contributed by atoms with Gasteiger partial charge in [0, 0.05) is 23.6 Å². The van der Waals surface area contributed by atoms with Crippen molar-refractivity contribution in [1.82, 2.24) is 9.80 Å². The Morgan fingerprint density at radius 2 is 1.59 bits per heavy atom. The Morgan fingerprint density at radius 3 is 2.05 bits per heavy atom. The van der Waals surface area contributed by atoms with E-state index in [0.29, 0.717) is 5.56 Å². The van der Waals surface area contributed by atoms with E-state index in [1.54, 1.807) is 17.0 Å². The molecule has 1 heterocycles. The number of ether oxygens (including phenoxy) is 2. The van der Waals surface area contributed by atoms with Crippen molar-refractivity contribution in [2.75, 3.05) is 7.11 Å². The molecule has 1 N–H and O–H groups in total. The molecule has 1 fully saturated rings. The number of hydrogen-bond donors (Lipinski definition) is 1. The monoisotopic (exact) mass is 578 g/mol. The first-order chi connectivity index (χ1) is 19.0. The van der Waals surface area contributed by atoms with E-state index in [1.807, 2.05) is 66.7 Å². The molecule has 41 heavy (non-hydrogen) atoms. The summed E-state index contributed by atoms with van der Waals surface area (Å²) < 4.78 is 52.4. The van der Waals surface area contributed by atoms with Crippen molar-refractivity contribution in [1.29, 1.82) is 0 Å². The van der Waals surface area contributed by atoms with Gasteiger partial charge in [-0.25, -0.2) is 9.59 Å². The fraction of sp³-hybridized carbons (Fsp3) is 0.548. The second-order valence-corrected chi connectivity index (χ2v) is 12.1. The van der Waals surface area contributed by atoms with E-state index >= 15 is 0 Å². The molecule has 226 valence electrons. The van der Waals surface area contributed by atoms with Gasteiger partial charge in [-0.05, 0) is 56.9 Å². The van der Waals surface area contributed by atoms with Crippen LogP contribution < -0.4 is 4.74 Å². The van der Waals surface area contributed by atoms with Crippen LogP contribution in [0.3, 0.4) is 0 Å². The maximum absolute atomic E-state index is 14.3. The third-order valence-corrected chi connectivity index (χ3v) is 7.59. The van der Waals surface area contributed by atoms with Gasteiger partial charge >= 0.3 is 18.2 Å². The molecule has 1 aliphatic rings. The Morgan fingerprint density at radius 1 is 1.00 bits per heavy atom. The third-order valence-electron chi connectivity index (χ3n) is 7.59. The van der Waals surface area contributed by atoms with Gasteiger partial charge in [0.1, 0.15) is 11.8 Å². The van der Waals surface area contributed by atoms with Gasteiger partial charge in [-0.3, -0.25) is 0 Å². The van der Waals surface area contributed by atoms with Crippen molar-refractivity contribution in [3.8, 4) is 5.75 Å². The molecule has 2 aromatic carbocycles. The van der Waals surface area contributed by atoms with Gasteiger partial charge in [0.05, 0.1) is 31.4 Å². The van der Waals surface area contributed by atoms with Gasteiger partial charge in [0.15, 0.2) is 0 Å². The Kier molecular flexibility index (Phi) is 9.68. The number of methoxy groups -OCH3 is 1. The second-order valence-electron chi connectivity index (χ2n) is 12.1. The molecule has 2 amide bonds. The van der Waals surface area contributed by atoms with Crippen molar-refractivity contribution in [3.63, 3.8) is 0 Å². The molecule has 1 aliphatic heterocycles. The number of nitrogens with zero attached hydrogens (tertiary/aromatic N) is 2. The average Bonchev–Trinajstić information content (AvgIpc) is 3.23. The number of likely N-dealkylation sites (tertiary alicyclic amines) is 1. The van der Waals surface area contributed by atoms with Gasteiger partial charge < -0.3 is 24.4 Å². The lowest BCUT2D eigenvalue weighted by Gasteiger charge is -2.39. The van der Waals surface area contributed by atoms with E-state index in [2.05, 4.69) is 0 Å². The quantitative estimate of drug-likeness (QED) is 0.365. The standard InChI is InChI=1S/C31H41F3N2O5/c1-18(2)35(19(3)4)29(39)36-25(20-12-10-9-11-13-20)27(24(30(5,6)7)26(36)28(37)38)41-17-21-16-22(31(32,33)34)14-15-23(21)40-8/h9-16,18-19,24-27H,17H2,1-8H3,(H,37,38)/t24-,25+,26+,27?/m0/s1. The fourth-order valence-electron chi connectivity index (χ4n) is 5.98. The molecule has 4 atom stereocenters. The topological polar surface area (TPSA) is 79.3 Å². The van der Waals surface area contributed by atoms with Crippen molar-refractivity contribution in [3.05, 3.63) is 65.2 Å². The first kappa shape index (κ1) is 32.2. The van der Waals surface area contributed by atoms with Crippen LogP contribution in [0.2, 0.25) is 0 Å². The number of rotatable bonds is 8. The number of carboxylic acids is 1. The van der Waals surface area contributed by atoms with Gasteiger partial charge in [0.2, 0.25) is 0 Å². The van der Waals surface area contributed by atoms with Crippen LogP contribution in [0, 0.1) is 11.3 Å². The highest BCUT2D eigenvalue weighted by Crippen LogP contribution is 2.50. The number of urea groups is 1. The number of aliphatic carboxylic acids is 1. The summed E-state index contributed by atoms with van der Waals surface area (Å²) in [5, 5.41) is 10.6. The van der Waals surface area contributed by atoms with E-state index in [-0.39, 0.29) is 30.0 Å². The number of hydrogen-bond acceptors (Lipinski definition) is 4. The lowest BCUT2D eigenvalue weighted by atomic mass is 9.73. The molecule has 7 nitrogen and oxygen atoms in total. The largest absolute Gasteiger partial charge is 0.496 e. The van der Waals surface area contributed by atoms with Crippen molar-refractivity contribution in [2.45, 2.75) is 91.5 Å². The smallest absolute Gasteiger partial charge is 0.416 e. The SMILES string of the molecule is COc1ccc(C(F)(F)F)cc1COC1[C@@H](c2ccccc2)N(C(=O)N(C(C)C)C(C)C)[C@@H](C(=O)O)[C@@H]1C(C)(C)C. The Hall–Kier alpha value is -3.27. The highest BCUT2D eigenvalue weighted by atomic mass is 19.4. The number of amides is 2. The van der Waals surface area contributed by atoms with Crippen LogP contribution in [-0.4, -0.2) is 58.2 Å². The molecular weight excluding hydrogens is 537 g/mol. The lowest BCUT2D eigenvalue weighted by Crippen LogP contribution is -2.55. The minimum absolute atomic E-state index is 0.171. The number of alkyl halides is 3. The second kappa shape index (κ2) is 12.3. The van der Waals surface area contributed by atoms with Crippen LogP contribution in [0.25, 0.3) is 0 Å². The summed E-state index contributed by atoms with van der Waals surface area (Å²) in [7, 11) is 1.36. The molecule has 0 saturated carbocycles. The number of carbonyl (C=O) groups excluding carboxylic acids is 1. The summed E-state index contributed by atoms with van der Waals surface area (Å²) in [6, 6.07) is 9.28. The van der Waals surface area contributed by atoms with Crippen LogP contribution in [0.5, 0.6) is 5.75 Å². The molecule has 0 aliphatic carbocycles. The Bertz CT molecular complexity index is 1200. The molecule has 10 heteroatoms. The summed E-state index contributed by atoms with van der Waals surface area (Å²) in [5.74, 6) is -1.66. The normalized spacial score (nSPS) is 21.4. The van der Waals surface area contributed by atoms with E-state index in [9.17, 15) is 27.9 Å². The van der Waals surface area contributed by atoms with Crippen molar-refractivity contribution < 1.29 is 37.3 Å². The van der Waals surface area contributed by atoms with Gasteiger partial charge in [0.25, 0.3) is 0 Å². The first-order valence-electron chi connectivity index (χ1n) is 13.7. The van der Waals surface area contributed by atoms with Crippen LogP contribution in [0.1, 0.15) is 71.2 Å². The number of benzene rings is 2. The molecule has 0 radical (unpaired) electrons. The minimum Gasteiger partial charge on any atom is -0.496 e. The maximum Gasteiger partial charge on any atom is 0.416 e. The number of carbonyl (C=O) groups is 2. The van der Waals surface area contributed by atoms with Gasteiger partial charge in [-0.1, -0.05) is 51.1 Å². The Labute approximate surface area is 240 Å². The van der Waals surface area contributed by atoms with Crippen LogP contribution in [-0.2, 0) is 22.3 Å². The molecule has 3 rings (SSSR count). The number of halogens is 3. The zero-order valence-corrected chi connectivity index (χ0v) is 24.9. The van der Waals surface area contributed by atoms with E-state index in [4.69, 9.17) is 9.47 Å². The molecule has 0 bridgehead atoms. The lowest BCUT2D eigenvalue weighted by molar-refractivity contribution is -0.145. The van der Waals surface area contributed by atoms with Crippen LogP contribution in [0.15, 0.2) is 48.5 Å². The van der Waals surface area contributed by atoms with E-state index in [1.165, 1.54) is 18.1 Å². The van der Waals surface area contributed by atoms with Gasteiger partial charge in [-0.15, -0.1) is 0 Å². The molecule has 1 unspecified atom stereocenters. The van der Waals surface area contributed by atoms with E-state index < -0.39 is 53.3 Å². The summed E-state index contributed by atoms with van der Waals surface area (Å²) in [4.78, 5) is 30.3. The van der Waals surface area contributed by atoms with Crippen molar-refractivity contribution in [2.24, 2.45) is 11.3 Å². The van der Waals surface area contributed by atoms with Gasteiger partial charge in [-0.2, -0.15) is 13.2 Å². The number of carboxylic acid groups (broad SMARTS) is 1.